The number of fused-ring (bicyclic) bond motifs is 1. The highest BCUT2D eigenvalue weighted by Gasteiger charge is 2.16. The van der Waals surface area contributed by atoms with E-state index in [1.54, 1.807) is 19.1 Å². The van der Waals surface area contributed by atoms with Gasteiger partial charge in [0, 0.05) is 38.3 Å². The molecule has 0 spiro atoms. The van der Waals surface area contributed by atoms with Gasteiger partial charge >= 0.3 is 0 Å². The number of amides is 1. The Bertz CT molecular complexity index is 1060. The molecule has 0 saturated carbocycles. The first-order chi connectivity index (χ1) is 13.3. The SMILES string of the molecule is Cc1ccc(S(=O)(=O)NCCC(=O)NCCc2cn3ccccc3n2)c(C)c1. The van der Waals surface area contributed by atoms with Gasteiger partial charge in [0.1, 0.15) is 5.65 Å². The Labute approximate surface area is 164 Å². The van der Waals surface area contributed by atoms with Crippen LogP contribution in [-0.2, 0) is 21.2 Å². The molecular formula is C20H24N4O3S. The number of sulfonamides is 1. The Morgan fingerprint density at radius 1 is 1.14 bits per heavy atom. The summed E-state index contributed by atoms with van der Waals surface area (Å²) in [7, 11) is -3.62. The molecular weight excluding hydrogens is 376 g/mol. The van der Waals surface area contributed by atoms with Crippen LogP contribution in [0.2, 0.25) is 0 Å². The number of carbonyl (C=O) groups excluding carboxylic acids is 1. The lowest BCUT2D eigenvalue weighted by atomic mass is 10.2. The maximum Gasteiger partial charge on any atom is 0.240 e. The quantitative estimate of drug-likeness (QED) is 0.605. The fourth-order valence-electron chi connectivity index (χ4n) is 3.00. The summed E-state index contributed by atoms with van der Waals surface area (Å²) >= 11 is 0. The molecule has 148 valence electrons. The average Bonchev–Trinajstić information content (AvgIpc) is 3.04. The van der Waals surface area contributed by atoms with Crippen LogP contribution in [-0.4, -0.2) is 36.8 Å². The van der Waals surface area contributed by atoms with E-state index in [0.717, 1.165) is 16.9 Å². The van der Waals surface area contributed by atoms with E-state index in [1.165, 1.54) is 0 Å². The molecule has 0 aliphatic carbocycles. The molecule has 28 heavy (non-hydrogen) atoms. The summed E-state index contributed by atoms with van der Waals surface area (Å²) in [6.07, 6.45) is 4.54. The minimum absolute atomic E-state index is 0.0514. The first-order valence-corrected chi connectivity index (χ1v) is 10.6. The molecule has 1 aromatic carbocycles. The number of hydrogen-bond acceptors (Lipinski definition) is 4. The average molecular weight is 401 g/mol. The van der Waals surface area contributed by atoms with E-state index < -0.39 is 10.0 Å². The molecule has 3 aromatic rings. The molecule has 2 N–H and O–H groups in total. The van der Waals surface area contributed by atoms with Gasteiger partial charge in [0.25, 0.3) is 0 Å². The summed E-state index contributed by atoms with van der Waals surface area (Å²) < 4.78 is 29.2. The smallest absolute Gasteiger partial charge is 0.240 e. The van der Waals surface area contributed by atoms with E-state index in [9.17, 15) is 13.2 Å². The number of nitrogens with one attached hydrogen (secondary N) is 2. The molecule has 0 atom stereocenters. The second-order valence-electron chi connectivity index (χ2n) is 6.72. The van der Waals surface area contributed by atoms with Crippen LogP contribution in [0.15, 0.2) is 53.7 Å². The number of aromatic nitrogens is 2. The van der Waals surface area contributed by atoms with Crippen LogP contribution in [0.1, 0.15) is 23.2 Å². The molecule has 1 amide bonds. The van der Waals surface area contributed by atoms with Gasteiger partial charge in [0.05, 0.1) is 10.6 Å². The standard InChI is InChI=1S/C20H24N4O3S/c1-15-6-7-18(16(2)13-15)28(26,27)22-11-9-20(25)21-10-8-17-14-24-12-4-3-5-19(24)23-17/h3-7,12-14,22H,8-11H2,1-2H3,(H,21,25). The molecule has 0 radical (unpaired) electrons. The molecule has 0 aliphatic rings. The molecule has 2 heterocycles. The number of nitrogens with zero attached hydrogens (tertiary/aromatic N) is 2. The second kappa shape index (κ2) is 8.53. The number of aryl methyl sites for hydroxylation is 2. The maximum absolute atomic E-state index is 12.4. The van der Waals surface area contributed by atoms with Crippen LogP contribution in [0.4, 0.5) is 0 Å². The lowest BCUT2D eigenvalue weighted by molar-refractivity contribution is -0.120. The molecule has 7 nitrogen and oxygen atoms in total. The molecule has 0 saturated heterocycles. The highest BCUT2D eigenvalue weighted by Crippen LogP contribution is 2.16. The zero-order chi connectivity index (χ0) is 20.1. The fourth-order valence-corrected chi connectivity index (χ4v) is 4.26. The predicted octanol–water partition coefficient (Wildman–Crippen LogP) is 1.98. The predicted molar refractivity (Wildman–Crippen MR) is 108 cm³/mol. The van der Waals surface area contributed by atoms with Gasteiger partial charge in [-0.15, -0.1) is 0 Å². The van der Waals surface area contributed by atoms with E-state index in [4.69, 9.17) is 0 Å². The maximum atomic E-state index is 12.4. The Hall–Kier alpha value is -2.71. The highest BCUT2D eigenvalue weighted by molar-refractivity contribution is 7.89. The Morgan fingerprint density at radius 3 is 2.71 bits per heavy atom. The van der Waals surface area contributed by atoms with Crippen molar-refractivity contribution in [2.45, 2.75) is 31.6 Å². The number of carbonyl (C=O) groups is 1. The van der Waals surface area contributed by atoms with E-state index in [2.05, 4.69) is 15.0 Å². The van der Waals surface area contributed by atoms with Gasteiger partial charge in [0.2, 0.25) is 15.9 Å². The topological polar surface area (TPSA) is 92.6 Å². The molecule has 3 rings (SSSR count). The zero-order valence-corrected chi connectivity index (χ0v) is 16.8. The van der Waals surface area contributed by atoms with E-state index in [-0.39, 0.29) is 23.8 Å². The minimum Gasteiger partial charge on any atom is -0.356 e. The molecule has 0 aliphatic heterocycles. The van der Waals surface area contributed by atoms with Crippen molar-refractivity contribution in [2.24, 2.45) is 0 Å². The number of imidazole rings is 1. The molecule has 2 aromatic heterocycles. The number of hydrogen-bond donors (Lipinski definition) is 2. The van der Waals surface area contributed by atoms with Crippen molar-refractivity contribution in [3.05, 3.63) is 65.6 Å². The Balaban J connectivity index is 1.44. The van der Waals surface area contributed by atoms with Gasteiger partial charge in [0.15, 0.2) is 0 Å². The van der Waals surface area contributed by atoms with Crippen molar-refractivity contribution in [2.75, 3.05) is 13.1 Å². The monoisotopic (exact) mass is 400 g/mol. The van der Waals surface area contributed by atoms with E-state index >= 15 is 0 Å². The summed E-state index contributed by atoms with van der Waals surface area (Å²) in [4.78, 5) is 16.7. The third-order valence-corrected chi connectivity index (χ3v) is 6.00. The zero-order valence-electron chi connectivity index (χ0n) is 16.0. The van der Waals surface area contributed by atoms with Gasteiger partial charge in [-0.2, -0.15) is 0 Å². The first kappa shape index (κ1) is 20.0. The first-order valence-electron chi connectivity index (χ1n) is 9.11. The molecule has 0 fully saturated rings. The van der Waals surface area contributed by atoms with Crippen LogP contribution < -0.4 is 10.0 Å². The van der Waals surface area contributed by atoms with Gasteiger partial charge < -0.3 is 9.72 Å². The van der Waals surface area contributed by atoms with Crippen LogP contribution >= 0.6 is 0 Å². The van der Waals surface area contributed by atoms with E-state index in [0.29, 0.717) is 18.5 Å². The lowest BCUT2D eigenvalue weighted by Crippen LogP contribution is -2.32. The molecule has 8 heteroatoms. The largest absolute Gasteiger partial charge is 0.356 e. The van der Waals surface area contributed by atoms with Crippen molar-refractivity contribution >= 4 is 21.6 Å². The van der Waals surface area contributed by atoms with Gasteiger partial charge in [-0.05, 0) is 37.6 Å². The summed E-state index contributed by atoms with van der Waals surface area (Å²) in [6, 6.07) is 10.9. The van der Waals surface area contributed by atoms with Crippen molar-refractivity contribution in [1.29, 1.82) is 0 Å². The van der Waals surface area contributed by atoms with E-state index in [1.807, 2.05) is 48.0 Å². The van der Waals surface area contributed by atoms with Gasteiger partial charge in [-0.1, -0.05) is 23.8 Å². The summed E-state index contributed by atoms with van der Waals surface area (Å²) in [5, 5.41) is 2.80. The van der Waals surface area contributed by atoms with Gasteiger partial charge in [-0.3, -0.25) is 4.79 Å². The van der Waals surface area contributed by atoms with Crippen molar-refractivity contribution < 1.29 is 13.2 Å². The van der Waals surface area contributed by atoms with Crippen LogP contribution in [0.3, 0.4) is 0 Å². The Morgan fingerprint density at radius 2 is 1.96 bits per heavy atom. The fraction of sp³-hybridized carbons (Fsp3) is 0.300. The number of benzene rings is 1. The van der Waals surface area contributed by atoms with Crippen LogP contribution in [0.25, 0.3) is 5.65 Å². The van der Waals surface area contributed by atoms with Crippen molar-refractivity contribution in [3.63, 3.8) is 0 Å². The Kier molecular flexibility index (Phi) is 6.11. The summed E-state index contributed by atoms with van der Waals surface area (Å²) in [6.45, 7) is 4.17. The normalized spacial score (nSPS) is 11.6. The second-order valence-corrected chi connectivity index (χ2v) is 8.45. The van der Waals surface area contributed by atoms with Crippen LogP contribution in [0.5, 0.6) is 0 Å². The molecule has 0 bridgehead atoms. The number of rotatable bonds is 8. The van der Waals surface area contributed by atoms with Crippen LogP contribution in [0, 0.1) is 13.8 Å². The van der Waals surface area contributed by atoms with Crippen molar-refractivity contribution in [3.8, 4) is 0 Å². The minimum atomic E-state index is -3.62. The van der Waals surface area contributed by atoms with Gasteiger partial charge in [-0.25, -0.2) is 18.1 Å². The van der Waals surface area contributed by atoms with Crippen molar-refractivity contribution in [1.82, 2.24) is 19.4 Å². The summed E-state index contributed by atoms with van der Waals surface area (Å²) in [5.74, 6) is -0.202. The third-order valence-electron chi connectivity index (χ3n) is 4.38. The summed E-state index contributed by atoms with van der Waals surface area (Å²) in [5.41, 5.74) is 3.44. The number of pyridine rings is 1. The highest BCUT2D eigenvalue weighted by atomic mass is 32.2. The lowest BCUT2D eigenvalue weighted by Gasteiger charge is -2.10. The molecule has 0 unspecified atom stereocenters. The third kappa shape index (κ3) is 4.96.